The largest absolute Gasteiger partial charge is 0.298 e. The second kappa shape index (κ2) is 6.00. The van der Waals surface area contributed by atoms with Gasteiger partial charge in [0.2, 0.25) is 0 Å². The topological polar surface area (TPSA) is 17.1 Å². The fourth-order valence-electron chi connectivity index (χ4n) is 2.71. The first-order chi connectivity index (χ1) is 8.35. The first kappa shape index (κ1) is 12.3. The number of rotatable bonds is 3. The van der Waals surface area contributed by atoms with Crippen molar-refractivity contribution < 1.29 is 4.79 Å². The van der Waals surface area contributed by atoms with Crippen molar-refractivity contribution >= 4 is 6.29 Å². The number of carbonyl (C=O) groups is 1. The Kier molecular flexibility index (Phi) is 4.36. The molecule has 1 nitrogen and oxygen atoms in total. The molecule has 0 saturated heterocycles. The highest BCUT2D eigenvalue weighted by Crippen LogP contribution is 2.49. The lowest BCUT2D eigenvalue weighted by molar-refractivity contribution is 0.0548. The number of aryl methyl sites for hydroxylation is 1. The van der Waals surface area contributed by atoms with Gasteiger partial charge in [-0.3, -0.25) is 4.79 Å². The molecule has 2 saturated carbocycles. The first-order valence-corrected chi connectivity index (χ1v) is 6.88. The van der Waals surface area contributed by atoms with Crippen LogP contribution in [0.15, 0.2) is 24.3 Å². The van der Waals surface area contributed by atoms with Crippen LogP contribution >= 0.6 is 0 Å². The van der Waals surface area contributed by atoms with E-state index in [1.807, 2.05) is 24.3 Å². The first-order valence-electron chi connectivity index (χ1n) is 6.88. The van der Waals surface area contributed by atoms with Crippen molar-refractivity contribution in [3.63, 3.8) is 0 Å². The highest BCUT2D eigenvalue weighted by molar-refractivity contribution is 5.77. The van der Waals surface area contributed by atoms with Crippen LogP contribution in [-0.2, 0) is 6.42 Å². The van der Waals surface area contributed by atoms with Crippen LogP contribution in [-0.4, -0.2) is 6.29 Å². The molecule has 0 unspecified atom stereocenters. The second-order valence-corrected chi connectivity index (χ2v) is 5.24. The third-order valence-electron chi connectivity index (χ3n) is 4.18. The number of carbonyl (C=O) groups excluding carboxylic acids is 1. The van der Waals surface area contributed by atoms with Crippen molar-refractivity contribution in [3.05, 3.63) is 35.4 Å². The molecule has 1 aromatic rings. The van der Waals surface area contributed by atoms with Gasteiger partial charge in [0.1, 0.15) is 6.29 Å². The Hall–Kier alpha value is -1.11. The summed E-state index contributed by atoms with van der Waals surface area (Å²) in [4.78, 5) is 10.5. The summed E-state index contributed by atoms with van der Waals surface area (Å²) in [6.07, 6.45) is 9.25. The summed E-state index contributed by atoms with van der Waals surface area (Å²) in [5.41, 5.74) is 1.99. The Labute approximate surface area is 104 Å². The Balaban J connectivity index is 0.000000148. The van der Waals surface area contributed by atoms with Crippen LogP contribution in [0.4, 0.5) is 0 Å². The fourth-order valence-corrected chi connectivity index (χ4v) is 2.71. The van der Waals surface area contributed by atoms with Crippen LogP contribution < -0.4 is 0 Å². The molecular formula is C16H22O. The molecule has 0 aliphatic heterocycles. The molecule has 0 amide bonds. The van der Waals surface area contributed by atoms with Crippen LogP contribution in [0.3, 0.4) is 0 Å². The van der Waals surface area contributed by atoms with Gasteiger partial charge < -0.3 is 0 Å². The van der Waals surface area contributed by atoms with Crippen LogP contribution in [0.25, 0.3) is 0 Å². The summed E-state index contributed by atoms with van der Waals surface area (Å²) in [5.74, 6) is 2.43. The van der Waals surface area contributed by atoms with Crippen molar-refractivity contribution in [2.45, 2.75) is 45.4 Å². The lowest BCUT2D eigenvalue weighted by Gasteiger charge is -2.46. The van der Waals surface area contributed by atoms with Crippen LogP contribution in [0.5, 0.6) is 0 Å². The summed E-state index contributed by atoms with van der Waals surface area (Å²) in [6, 6.07) is 7.73. The monoisotopic (exact) mass is 230 g/mol. The third kappa shape index (κ3) is 2.96. The Morgan fingerprint density at radius 2 is 1.71 bits per heavy atom. The average Bonchev–Trinajstić information content (AvgIpc) is 2.35. The molecule has 17 heavy (non-hydrogen) atoms. The lowest BCUT2D eigenvalue weighted by atomic mass is 9.60. The predicted molar refractivity (Wildman–Crippen MR) is 71.3 cm³/mol. The van der Waals surface area contributed by atoms with Crippen LogP contribution in [0.2, 0.25) is 0 Å². The maximum atomic E-state index is 10.5. The van der Waals surface area contributed by atoms with E-state index < -0.39 is 0 Å². The molecule has 0 N–H and O–H groups in total. The molecule has 2 aliphatic rings. The van der Waals surface area contributed by atoms with Gasteiger partial charge in [-0.05, 0) is 49.5 Å². The summed E-state index contributed by atoms with van der Waals surface area (Å²) in [6.45, 7) is 2.11. The molecule has 3 rings (SSSR count). The Bertz CT molecular complexity index is 352. The van der Waals surface area contributed by atoms with Gasteiger partial charge in [0, 0.05) is 5.56 Å². The van der Waals surface area contributed by atoms with E-state index >= 15 is 0 Å². The second-order valence-electron chi connectivity index (χ2n) is 5.24. The normalized spacial score (nSPS) is 24.5. The molecule has 1 heteroatoms. The number of aldehydes is 1. The molecule has 1 aromatic carbocycles. The van der Waals surface area contributed by atoms with Crippen molar-refractivity contribution in [3.8, 4) is 0 Å². The standard InChI is InChI=1S/C10H12O.C6H10/c1-2-5-9-6-3-4-7-10(9)8-11;1-2-6-4-3-5(1)6/h3-4,6-8H,2,5H2,1H3;5-6H,1-4H2. The van der Waals surface area contributed by atoms with Gasteiger partial charge in [-0.2, -0.15) is 0 Å². The van der Waals surface area contributed by atoms with Gasteiger partial charge >= 0.3 is 0 Å². The quantitative estimate of drug-likeness (QED) is 0.709. The van der Waals surface area contributed by atoms with Gasteiger partial charge in [0.05, 0.1) is 0 Å². The minimum absolute atomic E-state index is 0.828. The van der Waals surface area contributed by atoms with Gasteiger partial charge in [0.25, 0.3) is 0 Å². The number of hydrogen-bond donors (Lipinski definition) is 0. The zero-order valence-electron chi connectivity index (χ0n) is 10.7. The molecule has 0 spiro atoms. The maximum absolute atomic E-state index is 10.5. The van der Waals surface area contributed by atoms with Crippen molar-refractivity contribution in [1.82, 2.24) is 0 Å². The lowest BCUT2D eigenvalue weighted by Crippen LogP contribution is -2.34. The molecule has 92 valence electrons. The van der Waals surface area contributed by atoms with Gasteiger partial charge in [-0.25, -0.2) is 0 Å². The summed E-state index contributed by atoms with van der Waals surface area (Å²) < 4.78 is 0. The van der Waals surface area contributed by atoms with Crippen molar-refractivity contribution in [2.75, 3.05) is 0 Å². The van der Waals surface area contributed by atoms with E-state index in [-0.39, 0.29) is 0 Å². The van der Waals surface area contributed by atoms with E-state index in [4.69, 9.17) is 0 Å². The molecule has 2 fully saturated rings. The van der Waals surface area contributed by atoms with E-state index in [1.54, 1.807) is 25.7 Å². The van der Waals surface area contributed by atoms with Crippen molar-refractivity contribution in [1.29, 1.82) is 0 Å². The van der Waals surface area contributed by atoms with E-state index in [1.165, 1.54) is 11.8 Å². The van der Waals surface area contributed by atoms with Gasteiger partial charge in [-0.1, -0.05) is 37.6 Å². The average molecular weight is 230 g/mol. The van der Waals surface area contributed by atoms with Crippen LogP contribution in [0, 0.1) is 11.8 Å². The molecule has 0 aromatic heterocycles. The maximum Gasteiger partial charge on any atom is 0.150 e. The summed E-state index contributed by atoms with van der Waals surface area (Å²) >= 11 is 0. The zero-order chi connectivity index (χ0) is 12.1. The van der Waals surface area contributed by atoms with Crippen molar-refractivity contribution in [2.24, 2.45) is 11.8 Å². The Morgan fingerprint density at radius 3 is 2.12 bits per heavy atom. The van der Waals surface area contributed by atoms with Gasteiger partial charge in [0.15, 0.2) is 0 Å². The minimum Gasteiger partial charge on any atom is -0.298 e. The van der Waals surface area contributed by atoms with E-state index in [9.17, 15) is 4.79 Å². The molecule has 2 aliphatic carbocycles. The SMILES string of the molecule is C1CC2CCC12.CCCc1ccccc1C=O. The highest BCUT2D eigenvalue weighted by atomic mass is 16.1. The zero-order valence-corrected chi connectivity index (χ0v) is 10.7. The van der Waals surface area contributed by atoms with E-state index in [0.717, 1.165) is 30.3 Å². The molecule has 0 radical (unpaired) electrons. The highest BCUT2D eigenvalue weighted by Gasteiger charge is 2.37. The predicted octanol–water partition coefficient (Wildman–Crippen LogP) is 4.26. The smallest absolute Gasteiger partial charge is 0.150 e. The van der Waals surface area contributed by atoms with Gasteiger partial charge in [-0.15, -0.1) is 0 Å². The third-order valence-corrected chi connectivity index (χ3v) is 4.18. The molecular weight excluding hydrogens is 208 g/mol. The molecule has 0 bridgehead atoms. The molecule has 0 heterocycles. The summed E-state index contributed by atoms with van der Waals surface area (Å²) in [5, 5.41) is 0. The Morgan fingerprint density at radius 1 is 1.12 bits per heavy atom. The van der Waals surface area contributed by atoms with E-state index in [0.29, 0.717) is 0 Å². The van der Waals surface area contributed by atoms with E-state index in [2.05, 4.69) is 6.92 Å². The molecule has 0 atom stereocenters. The number of fused-ring (bicyclic) bond motifs is 1. The number of hydrogen-bond acceptors (Lipinski definition) is 1. The summed E-state index contributed by atoms with van der Waals surface area (Å²) in [7, 11) is 0. The number of benzene rings is 1. The van der Waals surface area contributed by atoms with Crippen LogP contribution in [0.1, 0.15) is 54.9 Å². The minimum atomic E-state index is 0.828. The fraction of sp³-hybridized carbons (Fsp3) is 0.562.